The molecule has 0 unspecified atom stereocenters. The molecule has 0 bridgehead atoms. The van der Waals surface area contributed by atoms with Gasteiger partial charge in [0.1, 0.15) is 16.9 Å². The fraction of sp³-hybridized carbons (Fsp3) is 0.571. The SMILES string of the molecule is CCCCCNc1nc(N)nc2ccn(Cc3ccc(CN4CC5(CNCC(C)(C)O5)C4)cc3OC)c12. The molecule has 3 aromatic rings. The van der Waals surface area contributed by atoms with Gasteiger partial charge in [0.2, 0.25) is 5.95 Å². The van der Waals surface area contributed by atoms with E-state index in [0.717, 1.165) is 73.9 Å². The normalized spacial score (nSPS) is 18.7. The van der Waals surface area contributed by atoms with Crippen molar-refractivity contribution >= 4 is 22.8 Å². The lowest BCUT2D eigenvalue weighted by Crippen LogP contribution is -2.72. The summed E-state index contributed by atoms with van der Waals surface area (Å²) in [6.45, 7) is 12.6. The van der Waals surface area contributed by atoms with Crippen LogP contribution >= 0.6 is 0 Å². The molecule has 1 aromatic carbocycles. The average molecular weight is 508 g/mol. The topological polar surface area (TPSA) is 102 Å². The lowest BCUT2D eigenvalue weighted by molar-refractivity contribution is -0.222. The molecule has 200 valence electrons. The maximum absolute atomic E-state index is 6.42. The van der Waals surface area contributed by atoms with Crippen molar-refractivity contribution < 1.29 is 9.47 Å². The summed E-state index contributed by atoms with van der Waals surface area (Å²) in [7, 11) is 1.74. The zero-order valence-electron chi connectivity index (χ0n) is 22.6. The summed E-state index contributed by atoms with van der Waals surface area (Å²) in [6, 6.07) is 8.53. The predicted molar refractivity (Wildman–Crippen MR) is 148 cm³/mol. The van der Waals surface area contributed by atoms with Crippen LogP contribution in [-0.2, 0) is 17.8 Å². The van der Waals surface area contributed by atoms with Crippen LogP contribution in [0.4, 0.5) is 11.8 Å². The third kappa shape index (κ3) is 5.68. The third-order valence-electron chi connectivity index (χ3n) is 7.31. The molecule has 0 saturated carbocycles. The second-order valence-electron chi connectivity index (χ2n) is 11.2. The van der Waals surface area contributed by atoms with E-state index in [1.807, 2.05) is 12.3 Å². The molecule has 0 atom stereocenters. The van der Waals surface area contributed by atoms with Gasteiger partial charge >= 0.3 is 0 Å². The number of aromatic nitrogens is 3. The second kappa shape index (κ2) is 10.5. The van der Waals surface area contributed by atoms with Crippen LogP contribution in [-0.4, -0.2) is 70.5 Å². The number of likely N-dealkylation sites (tertiary alicyclic amines) is 1. The van der Waals surface area contributed by atoms with Gasteiger partial charge in [-0.05, 0) is 38.0 Å². The Morgan fingerprint density at radius 3 is 2.73 bits per heavy atom. The molecule has 2 aliphatic rings. The number of hydrogen-bond acceptors (Lipinski definition) is 8. The zero-order valence-corrected chi connectivity index (χ0v) is 22.6. The number of benzene rings is 1. The highest BCUT2D eigenvalue weighted by atomic mass is 16.5. The first kappa shape index (κ1) is 25.8. The van der Waals surface area contributed by atoms with Crippen LogP contribution in [0.1, 0.15) is 51.2 Å². The van der Waals surface area contributed by atoms with Gasteiger partial charge in [-0.25, -0.2) is 4.98 Å². The molecule has 0 aliphatic carbocycles. The molecule has 4 N–H and O–H groups in total. The van der Waals surface area contributed by atoms with E-state index in [9.17, 15) is 0 Å². The van der Waals surface area contributed by atoms with Crippen molar-refractivity contribution in [2.45, 2.75) is 64.3 Å². The van der Waals surface area contributed by atoms with Gasteiger partial charge in [-0.3, -0.25) is 4.90 Å². The highest BCUT2D eigenvalue weighted by Gasteiger charge is 2.49. The first-order valence-electron chi connectivity index (χ1n) is 13.4. The smallest absolute Gasteiger partial charge is 0.222 e. The molecular weight excluding hydrogens is 466 g/mol. The largest absolute Gasteiger partial charge is 0.496 e. The van der Waals surface area contributed by atoms with Crippen molar-refractivity contribution in [3.05, 3.63) is 41.6 Å². The number of morpholine rings is 1. The Hall–Kier alpha value is -2.88. The highest BCUT2D eigenvalue weighted by molar-refractivity contribution is 5.87. The van der Waals surface area contributed by atoms with E-state index in [2.05, 4.69) is 69.0 Å². The molecule has 0 radical (unpaired) electrons. The first-order valence-corrected chi connectivity index (χ1v) is 13.4. The lowest BCUT2D eigenvalue weighted by Gasteiger charge is -2.55. The molecule has 5 rings (SSSR count). The van der Waals surface area contributed by atoms with Gasteiger partial charge in [-0.1, -0.05) is 31.9 Å². The predicted octanol–water partition coefficient (Wildman–Crippen LogP) is 3.63. The van der Waals surface area contributed by atoms with Crippen LogP contribution in [0.15, 0.2) is 30.5 Å². The maximum Gasteiger partial charge on any atom is 0.222 e. The summed E-state index contributed by atoms with van der Waals surface area (Å²) in [5.41, 5.74) is 9.97. The summed E-state index contributed by atoms with van der Waals surface area (Å²) >= 11 is 0. The van der Waals surface area contributed by atoms with Crippen LogP contribution in [0.5, 0.6) is 5.75 Å². The lowest BCUT2D eigenvalue weighted by atomic mass is 9.89. The van der Waals surface area contributed by atoms with Gasteiger partial charge in [0.05, 0.1) is 24.8 Å². The van der Waals surface area contributed by atoms with Gasteiger partial charge in [-0.2, -0.15) is 4.98 Å². The Morgan fingerprint density at radius 2 is 1.97 bits per heavy atom. The summed E-state index contributed by atoms with van der Waals surface area (Å²) < 4.78 is 14.4. The number of anilines is 2. The van der Waals surface area contributed by atoms with Crippen molar-refractivity contribution in [2.24, 2.45) is 0 Å². The number of ether oxygens (including phenoxy) is 2. The number of rotatable bonds is 10. The van der Waals surface area contributed by atoms with E-state index in [1.165, 1.54) is 18.4 Å². The zero-order chi connectivity index (χ0) is 26.0. The van der Waals surface area contributed by atoms with Crippen LogP contribution in [0.3, 0.4) is 0 Å². The first-order chi connectivity index (χ1) is 17.8. The Balaban J connectivity index is 1.28. The molecular formula is C28H41N7O2. The van der Waals surface area contributed by atoms with Gasteiger partial charge in [0.25, 0.3) is 0 Å². The van der Waals surface area contributed by atoms with Crippen LogP contribution in [0, 0.1) is 0 Å². The van der Waals surface area contributed by atoms with Crippen LogP contribution in [0.25, 0.3) is 11.0 Å². The average Bonchev–Trinajstić information content (AvgIpc) is 3.23. The van der Waals surface area contributed by atoms with Gasteiger partial charge in [-0.15, -0.1) is 0 Å². The van der Waals surface area contributed by atoms with Crippen molar-refractivity contribution in [3.63, 3.8) is 0 Å². The minimum absolute atomic E-state index is 0.0605. The molecule has 0 amide bonds. The molecule has 4 heterocycles. The summed E-state index contributed by atoms with van der Waals surface area (Å²) in [6.07, 6.45) is 5.50. The summed E-state index contributed by atoms with van der Waals surface area (Å²) in [5.74, 6) is 1.96. The third-order valence-corrected chi connectivity index (χ3v) is 7.31. The molecule has 2 aliphatic heterocycles. The molecule has 2 aromatic heterocycles. The fourth-order valence-electron chi connectivity index (χ4n) is 5.73. The Labute approximate surface area is 219 Å². The van der Waals surface area contributed by atoms with Gasteiger partial charge < -0.3 is 30.4 Å². The van der Waals surface area contributed by atoms with Crippen LogP contribution in [0.2, 0.25) is 0 Å². The number of hydrogen-bond donors (Lipinski definition) is 3. The van der Waals surface area contributed by atoms with E-state index in [-0.39, 0.29) is 17.2 Å². The Kier molecular flexibility index (Phi) is 7.29. The molecule has 1 spiro atoms. The number of fused-ring (bicyclic) bond motifs is 1. The van der Waals surface area contributed by atoms with E-state index < -0.39 is 0 Å². The highest BCUT2D eigenvalue weighted by Crippen LogP contribution is 2.34. The minimum Gasteiger partial charge on any atom is -0.496 e. The van der Waals surface area contributed by atoms with Gasteiger partial charge in [0, 0.05) is 51.0 Å². The standard InChI is InChI=1S/C28H41N7O2/c1-5-6-7-11-31-25-24-22(32-26(29)33-25)10-12-35(24)15-21-9-8-20(13-23(21)36-4)14-34-18-28(19-34)17-30-16-27(2,3)37-28/h8-10,12-13,30H,5-7,11,14-19H2,1-4H3,(H3,29,31,32,33). The fourth-order valence-corrected chi connectivity index (χ4v) is 5.73. The monoisotopic (exact) mass is 507 g/mol. The van der Waals surface area contributed by atoms with E-state index in [1.54, 1.807) is 7.11 Å². The minimum atomic E-state index is -0.112. The maximum atomic E-state index is 6.42. The number of unbranched alkanes of at least 4 members (excludes halogenated alkanes) is 2. The van der Waals surface area contributed by atoms with Crippen molar-refractivity contribution in [2.75, 3.05) is 50.9 Å². The Morgan fingerprint density at radius 1 is 1.14 bits per heavy atom. The van der Waals surface area contributed by atoms with Crippen molar-refractivity contribution in [3.8, 4) is 5.75 Å². The van der Waals surface area contributed by atoms with Gasteiger partial charge in [0.15, 0.2) is 5.82 Å². The number of nitrogens with zero attached hydrogens (tertiary/aromatic N) is 4. The molecule has 2 saturated heterocycles. The summed E-state index contributed by atoms with van der Waals surface area (Å²) in [4.78, 5) is 11.4. The number of nitrogens with two attached hydrogens (primary N) is 1. The van der Waals surface area contributed by atoms with Crippen molar-refractivity contribution in [1.82, 2.24) is 24.8 Å². The molecule has 37 heavy (non-hydrogen) atoms. The quantitative estimate of drug-likeness (QED) is 0.358. The van der Waals surface area contributed by atoms with E-state index >= 15 is 0 Å². The molecule has 9 nitrogen and oxygen atoms in total. The molecule has 9 heteroatoms. The number of methoxy groups -OCH3 is 1. The van der Waals surface area contributed by atoms with Crippen molar-refractivity contribution in [1.29, 1.82) is 0 Å². The summed E-state index contributed by atoms with van der Waals surface area (Å²) in [5, 5.41) is 7.01. The number of nitrogens with one attached hydrogen (secondary N) is 2. The molecule has 2 fully saturated rings. The van der Waals surface area contributed by atoms with E-state index in [4.69, 9.17) is 15.2 Å². The Bertz CT molecular complexity index is 1230. The second-order valence-corrected chi connectivity index (χ2v) is 11.2. The number of nitrogen functional groups attached to an aromatic ring is 1. The van der Waals surface area contributed by atoms with Crippen LogP contribution < -0.4 is 21.1 Å². The van der Waals surface area contributed by atoms with E-state index in [0.29, 0.717) is 6.54 Å².